The second-order valence-electron chi connectivity index (χ2n) is 10.9. The molecule has 2 fully saturated rings. The van der Waals surface area contributed by atoms with Crippen molar-refractivity contribution in [2.45, 2.75) is 64.3 Å². The predicted octanol–water partition coefficient (Wildman–Crippen LogP) is 3.56. The third-order valence-corrected chi connectivity index (χ3v) is 9.67. The van der Waals surface area contributed by atoms with E-state index in [-0.39, 0.29) is 37.3 Å². The number of carbonyl (C=O) groups is 1. The fourth-order valence-electron chi connectivity index (χ4n) is 5.99. The molecule has 0 amide bonds. The van der Waals surface area contributed by atoms with E-state index in [1.807, 2.05) is 0 Å². The Bertz CT molecular complexity index is 1480. The van der Waals surface area contributed by atoms with E-state index in [0.29, 0.717) is 11.2 Å². The molecule has 2 aliphatic rings. The Hall–Kier alpha value is -3.16. The fourth-order valence-corrected chi connectivity index (χ4v) is 7.49. The predicted molar refractivity (Wildman–Crippen MR) is 149 cm³/mol. The first kappa shape index (κ1) is 30.3. The molecule has 2 aromatic heterocycles. The van der Waals surface area contributed by atoms with Crippen LogP contribution in [0.1, 0.15) is 40.3 Å². The number of hydrogen-bond acceptors (Lipinski definition) is 11. The first-order chi connectivity index (χ1) is 20.0. The lowest BCUT2D eigenvalue weighted by atomic mass is 9.91. The van der Waals surface area contributed by atoms with Gasteiger partial charge in [0.05, 0.1) is 31.7 Å². The highest BCUT2D eigenvalue weighted by atomic mass is 31.2. The lowest BCUT2D eigenvalue weighted by Crippen LogP contribution is -2.36. The molecule has 3 aromatic rings. The monoisotopic (exact) mass is 606 g/mol. The van der Waals surface area contributed by atoms with Crippen LogP contribution in [0.15, 0.2) is 43.0 Å². The van der Waals surface area contributed by atoms with Gasteiger partial charge in [-0.2, -0.15) is 10.1 Å². The van der Waals surface area contributed by atoms with Crippen molar-refractivity contribution in [1.29, 1.82) is 0 Å². The number of rotatable bonds is 13. The van der Waals surface area contributed by atoms with Crippen LogP contribution in [0.5, 0.6) is 11.6 Å². The number of imidazole rings is 1. The lowest BCUT2D eigenvalue weighted by molar-refractivity contribution is -0.149. The molecule has 1 saturated heterocycles. The van der Waals surface area contributed by atoms with Crippen molar-refractivity contribution in [3.8, 4) is 11.6 Å². The van der Waals surface area contributed by atoms with Crippen LogP contribution in [0.25, 0.3) is 11.2 Å². The Morgan fingerprint density at radius 3 is 2.64 bits per heavy atom. The van der Waals surface area contributed by atoms with Crippen LogP contribution in [0.4, 0.5) is 4.39 Å². The highest BCUT2D eigenvalue weighted by Gasteiger charge is 2.84. The molecule has 3 heterocycles. The summed E-state index contributed by atoms with van der Waals surface area (Å²) in [6.45, 7) is 6.71. The maximum absolute atomic E-state index is 16.5. The van der Waals surface area contributed by atoms with Crippen LogP contribution in [0, 0.1) is 11.3 Å². The molecule has 228 valence electrons. The third kappa shape index (κ3) is 5.15. The molecule has 7 atom stereocenters. The summed E-state index contributed by atoms with van der Waals surface area (Å²) in [5.74, 6) is -0.616. The molecule has 42 heavy (non-hydrogen) atoms. The van der Waals surface area contributed by atoms with Crippen molar-refractivity contribution < 1.29 is 37.0 Å². The summed E-state index contributed by atoms with van der Waals surface area (Å²) in [5, 5.41) is 2.67. The Balaban J connectivity index is 1.37. The van der Waals surface area contributed by atoms with Gasteiger partial charge in [-0.3, -0.25) is 13.9 Å². The van der Waals surface area contributed by atoms with E-state index in [0.717, 1.165) is 0 Å². The van der Waals surface area contributed by atoms with Gasteiger partial charge in [0.1, 0.15) is 18.1 Å². The van der Waals surface area contributed by atoms with Gasteiger partial charge in [-0.25, -0.2) is 18.9 Å². The Labute approximate surface area is 242 Å². The first-order valence-electron chi connectivity index (χ1n) is 13.7. The molecule has 1 aliphatic carbocycles. The van der Waals surface area contributed by atoms with E-state index in [9.17, 15) is 9.36 Å². The number of aromatic nitrogens is 4. The Kier molecular flexibility index (Phi) is 8.29. The van der Waals surface area contributed by atoms with Crippen LogP contribution in [0.2, 0.25) is 0 Å². The zero-order valence-corrected chi connectivity index (χ0v) is 25.0. The number of fused-ring (bicyclic) bond motifs is 2. The van der Waals surface area contributed by atoms with Crippen LogP contribution in [-0.4, -0.2) is 69.7 Å². The van der Waals surface area contributed by atoms with Crippen molar-refractivity contribution in [2.24, 2.45) is 17.1 Å². The summed E-state index contributed by atoms with van der Waals surface area (Å²) < 4.78 is 60.5. The highest BCUT2D eigenvalue weighted by Crippen LogP contribution is 2.76. The average Bonchev–Trinajstić information content (AvgIpc) is 3.17. The number of nitrogens with two attached hydrogens (primary N) is 1. The van der Waals surface area contributed by atoms with Crippen LogP contribution in [-0.2, 0) is 23.4 Å². The SMILES string of the molecule is COc1ncnc2c1ncn2[C@@H]1OC2(C)[C@H](COP(=O)(N[C@@H](C)C(=O)OC(C)C)Oc3ccccc3)C2(CCN)C1F. The summed E-state index contributed by atoms with van der Waals surface area (Å²) in [5.41, 5.74) is 4.65. The van der Waals surface area contributed by atoms with Crippen molar-refractivity contribution in [3.63, 3.8) is 0 Å². The van der Waals surface area contributed by atoms with Crippen LogP contribution < -0.4 is 20.1 Å². The molecule has 0 bridgehead atoms. The van der Waals surface area contributed by atoms with Gasteiger partial charge in [0.2, 0.25) is 5.88 Å². The van der Waals surface area contributed by atoms with Gasteiger partial charge in [0, 0.05) is 11.3 Å². The van der Waals surface area contributed by atoms with E-state index < -0.39 is 49.1 Å². The molecule has 1 saturated carbocycles. The van der Waals surface area contributed by atoms with Gasteiger partial charge in [0.15, 0.2) is 23.6 Å². The average molecular weight is 607 g/mol. The molecule has 0 radical (unpaired) electrons. The minimum absolute atomic E-state index is 0.187. The molecule has 15 heteroatoms. The highest BCUT2D eigenvalue weighted by molar-refractivity contribution is 7.52. The molecule has 13 nitrogen and oxygen atoms in total. The number of nitrogens with zero attached hydrogens (tertiary/aromatic N) is 4. The zero-order valence-electron chi connectivity index (χ0n) is 24.1. The number of nitrogens with one attached hydrogen (secondary N) is 1. The fraction of sp³-hybridized carbons (Fsp3) is 0.556. The number of hydrogen-bond donors (Lipinski definition) is 2. The topological polar surface area (TPSA) is 162 Å². The smallest absolute Gasteiger partial charge is 0.459 e. The molecule has 4 unspecified atom stereocenters. The summed E-state index contributed by atoms with van der Waals surface area (Å²) in [6, 6.07) is 7.39. The number of ether oxygens (including phenoxy) is 3. The minimum Gasteiger partial charge on any atom is -0.479 e. The summed E-state index contributed by atoms with van der Waals surface area (Å²) in [7, 11) is -2.69. The van der Waals surface area contributed by atoms with E-state index in [1.165, 1.54) is 31.3 Å². The molecule has 0 spiro atoms. The normalized spacial score (nSPS) is 28.7. The number of benzene rings is 1. The van der Waals surface area contributed by atoms with Gasteiger partial charge in [0.25, 0.3) is 0 Å². The number of alkyl halides is 1. The third-order valence-electron chi connectivity index (χ3n) is 8.02. The van der Waals surface area contributed by atoms with Gasteiger partial charge >= 0.3 is 13.7 Å². The molecule has 3 N–H and O–H groups in total. The second kappa shape index (κ2) is 11.5. The van der Waals surface area contributed by atoms with Gasteiger partial charge in [-0.05, 0) is 52.8 Å². The van der Waals surface area contributed by atoms with Crippen molar-refractivity contribution in [1.82, 2.24) is 24.6 Å². The Morgan fingerprint density at radius 2 is 1.98 bits per heavy atom. The van der Waals surface area contributed by atoms with Crippen molar-refractivity contribution in [3.05, 3.63) is 43.0 Å². The lowest BCUT2D eigenvalue weighted by Gasteiger charge is -2.27. The standard InChI is InChI=1S/C27H36FN6O7P/c1-16(2)39-25(35)17(3)33-42(36,41-18-9-7-6-8-10-18)38-13-19-26(4)27(19,11-12-29)21(28)24(40-26)34-15-32-20-22(34)30-14-31-23(20)37-5/h6-10,14-17,19,21,24H,11-13,29H2,1-5H3,(H,33,36)/t17-,19-,21?,24+,26?,27?,42?/m0/s1. The van der Waals surface area contributed by atoms with Gasteiger partial charge in [-0.1, -0.05) is 18.2 Å². The summed E-state index contributed by atoms with van der Waals surface area (Å²) >= 11 is 0. The maximum atomic E-state index is 16.5. The molecule has 1 aliphatic heterocycles. The van der Waals surface area contributed by atoms with Crippen LogP contribution >= 0.6 is 7.75 Å². The number of carbonyl (C=O) groups excluding carboxylic acids is 1. The molecule has 5 rings (SSSR count). The minimum atomic E-state index is -4.16. The molecule has 1 aromatic carbocycles. The Morgan fingerprint density at radius 1 is 1.24 bits per heavy atom. The van der Waals surface area contributed by atoms with E-state index in [2.05, 4.69) is 20.0 Å². The van der Waals surface area contributed by atoms with Crippen molar-refractivity contribution >= 4 is 24.9 Å². The van der Waals surface area contributed by atoms with E-state index in [1.54, 1.807) is 51.1 Å². The van der Waals surface area contributed by atoms with Crippen molar-refractivity contribution in [2.75, 3.05) is 20.3 Å². The number of halogens is 1. The number of methoxy groups -OCH3 is 1. The van der Waals surface area contributed by atoms with E-state index in [4.69, 9.17) is 29.0 Å². The first-order valence-corrected chi connectivity index (χ1v) is 15.2. The van der Waals surface area contributed by atoms with Gasteiger partial charge < -0.3 is 24.5 Å². The largest absolute Gasteiger partial charge is 0.479 e. The zero-order chi connectivity index (χ0) is 30.3. The number of para-hydroxylation sites is 1. The summed E-state index contributed by atoms with van der Waals surface area (Å²) in [6.07, 6.45) is 0.100. The summed E-state index contributed by atoms with van der Waals surface area (Å²) in [4.78, 5) is 25.1. The molecular formula is C27H36FN6O7P. The molecular weight excluding hydrogens is 570 g/mol. The number of esters is 1. The second-order valence-corrected chi connectivity index (χ2v) is 12.6. The van der Waals surface area contributed by atoms with Crippen LogP contribution in [0.3, 0.4) is 0 Å². The maximum Gasteiger partial charge on any atom is 0.459 e. The van der Waals surface area contributed by atoms with Gasteiger partial charge in [-0.15, -0.1) is 0 Å². The van der Waals surface area contributed by atoms with E-state index >= 15 is 4.39 Å². The quantitative estimate of drug-likeness (QED) is 0.215.